The van der Waals surface area contributed by atoms with Gasteiger partial charge in [0.2, 0.25) is 0 Å². The monoisotopic (exact) mass is 1240 g/mol. The van der Waals surface area contributed by atoms with E-state index in [-0.39, 0.29) is 38.6 Å². The second-order valence-corrected chi connectivity index (χ2v) is 24.8. The van der Waals surface area contributed by atoms with E-state index in [4.69, 9.17) is 18.9 Å². The van der Waals surface area contributed by atoms with Gasteiger partial charge < -0.3 is 33.3 Å². The molecule has 0 N–H and O–H groups in total. The number of carboxylic acids is 1. The van der Waals surface area contributed by atoms with Crippen molar-refractivity contribution in [3.63, 3.8) is 0 Å². The van der Waals surface area contributed by atoms with Crippen molar-refractivity contribution in [1.82, 2.24) is 0 Å². The van der Waals surface area contributed by atoms with Crippen LogP contribution in [0.25, 0.3) is 0 Å². The highest BCUT2D eigenvalue weighted by atomic mass is 16.7. The van der Waals surface area contributed by atoms with Crippen LogP contribution in [0.2, 0.25) is 0 Å². The molecular formula is C80H133NO8. The van der Waals surface area contributed by atoms with Gasteiger partial charge in [-0.05, 0) is 109 Å². The topological polar surface area (TPSA) is 111 Å². The third kappa shape index (κ3) is 70.5. The molecule has 0 aromatic heterocycles. The van der Waals surface area contributed by atoms with Crippen molar-refractivity contribution < 1.29 is 42.9 Å². The number of carbonyl (C=O) groups is 3. The van der Waals surface area contributed by atoms with Crippen molar-refractivity contribution in [2.75, 3.05) is 47.5 Å². The Balaban J connectivity index is 4.06. The van der Waals surface area contributed by atoms with E-state index in [1.807, 2.05) is 21.1 Å². The number of quaternary nitrogens is 1. The maximum atomic E-state index is 12.9. The largest absolute Gasteiger partial charge is 0.545 e. The molecule has 0 fully saturated rings. The summed E-state index contributed by atoms with van der Waals surface area (Å²) in [4.78, 5) is 37.4. The van der Waals surface area contributed by atoms with Crippen LogP contribution in [0.1, 0.15) is 284 Å². The van der Waals surface area contributed by atoms with E-state index in [0.717, 1.165) is 96.3 Å². The summed E-state index contributed by atoms with van der Waals surface area (Å²) in [5, 5.41) is 11.8. The molecule has 0 bridgehead atoms. The zero-order valence-electron chi connectivity index (χ0n) is 57.8. The minimum atomic E-state index is -1.64. The van der Waals surface area contributed by atoms with Crippen LogP contribution in [0.3, 0.4) is 0 Å². The molecule has 9 nitrogen and oxygen atoms in total. The fourth-order valence-corrected chi connectivity index (χ4v) is 9.67. The summed E-state index contributed by atoms with van der Waals surface area (Å²) in [6.45, 7) is 4.46. The number of carboxylic acid groups (broad SMARTS) is 1. The quantitative estimate of drug-likeness (QED) is 0.0195. The number of nitrogens with zero attached hydrogens (tertiary/aromatic N) is 1. The van der Waals surface area contributed by atoms with Gasteiger partial charge in [0.15, 0.2) is 12.4 Å². The van der Waals surface area contributed by atoms with Gasteiger partial charge in [-0.2, -0.15) is 0 Å². The Morgan fingerprint density at radius 3 is 0.933 bits per heavy atom. The van der Waals surface area contributed by atoms with Crippen molar-refractivity contribution >= 4 is 17.9 Å². The molecule has 0 amide bonds. The SMILES string of the molecule is CC/C=C\C/C=C\C/C=C\C/C=C\C/C=C\C/C=C\C/C=C\CCCC(=O)OC(COC(=O)CCCCCCCCCCCCCCCCCCCCCCCCCCC/C=C\C/C=C\C/C=C\C/C=C\C/C=C\CC)COC(OCC[N+](C)(C)C)C(=O)[O-]. The molecule has 0 heterocycles. The number of unbranched alkanes of at least 4 members (excludes halogenated alkanes) is 26. The first kappa shape index (κ1) is 84.2. The lowest BCUT2D eigenvalue weighted by molar-refractivity contribution is -0.870. The van der Waals surface area contributed by atoms with Crippen molar-refractivity contribution in [1.29, 1.82) is 0 Å². The summed E-state index contributed by atoms with van der Waals surface area (Å²) in [5.74, 6) is -2.37. The first-order valence-electron chi connectivity index (χ1n) is 36.0. The zero-order valence-corrected chi connectivity index (χ0v) is 57.8. The number of aliphatic carboxylic acids is 1. The average Bonchev–Trinajstić information content (AvgIpc) is 3.64. The highest BCUT2D eigenvalue weighted by molar-refractivity contribution is 5.70. The smallest absolute Gasteiger partial charge is 0.306 e. The molecule has 2 atom stereocenters. The van der Waals surface area contributed by atoms with Gasteiger partial charge in [-0.1, -0.05) is 307 Å². The number of rotatable bonds is 65. The van der Waals surface area contributed by atoms with Crippen molar-refractivity contribution in [2.24, 2.45) is 0 Å². The lowest BCUT2D eigenvalue weighted by Crippen LogP contribution is -2.44. The average molecular weight is 1240 g/mol. The Labute approximate surface area is 547 Å². The van der Waals surface area contributed by atoms with Crippen LogP contribution >= 0.6 is 0 Å². The minimum absolute atomic E-state index is 0.131. The van der Waals surface area contributed by atoms with E-state index < -0.39 is 24.3 Å². The van der Waals surface area contributed by atoms with E-state index >= 15 is 0 Å². The predicted molar refractivity (Wildman–Crippen MR) is 379 cm³/mol. The lowest BCUT2D eigenvalue weighted by Gasteiger charge is -2.26. The highest BCUT2D eigenvalue weighted by Gasteiger charge is 2.22. The molecule has 0 saturated carbocycles. The summed E-state index contributed by atoms with van der Waals surface area (Å²) < 4.78 is 22.7. The fourth-order valence-electron chi connectivity index (χ4n) is 9.67. The third-order valence-corrected chi connectivity index (χ3v) is 15.1. The van der Waals surface area contributed by atoms with Crippen molar-refractivity contribution in [3.05, 3.63) is 146 Å². The Morgan fingerprint density at radius 2 is 0.618 bits per heavy atom. The normalized spacial score (nSPS) is 13.6. The van der Waals surface area contributed by atoms with Gasteiger partial charge in [0, 0.05) is 12.8 Å². The number of likely N-dealkylation sites (N-methyl/N-ethyl adjacent to an activating group) is 1. The van der Waals surface area contributed by atoms with Gasteiger partial charge in [-0.25, -0.2) is 0 Å². The zero-order chi connectivity index (χ0) is 64.7. The van der Waals surface area contributed by atoms with Gasteiger partial charge in [0.1, 0.15) is 13.2 Å². The molecular weight excluding hydrogens is 1100 g/mol. The molecule has 0 aliphatic rings. The van der Waals surface area contributed by atoms with E-state index in [1.54, 1.807) is 0 Å². The summed E-state index contributed by atoms with van der Waals surface area (Å²) in [6.07, 6.45) is 98.2. The molecule has 0 aromatic rings. The number of hydrogen-bond acceptors (Lipinski definition) is 8. The summed E-state index contributed by atoms with van der Waals surface area (Å²) >= 11 is 0. The number of ether oxygens (including phenoxy) is 4. The number of allylic oxidation sites excluding steroid dienone is 24. The summed E-state index contributed by atoms with van der Waals surface area (Å²) in [6, 6.07) is 0. The Kier molecular flexibility index (Phi) is 65.3. The van der Waals surface area contributed by atoms with Crippen LogP contribution in [-0.4, -0.2) is 82.3 Å². The van der Waals surface area contributed by atoms with Gasteiger partial charge in [0.05, 0.1) is 40.3 Å². The molecule has 0 spiro atoms. The molecule has 0 aromatic carbocycles. The van der Waals surface area contributed by atoms with Crippen LogP contribution in [0, 0.1) is 0 Å². The Morgan fingerprint density at radius 1 is 0.337 bits per heavy atom. The standard InChI is InChI=1S/C80H133NO8/c1-6-8-10-12-14-16-18-20-22-24-26-28-30-31-32-33-34-35-36-37-38-39-40-41-42-43-44-45-46-47-49-50-52-54-56-58-60-62-64-66-68-70-77(82)87-74-76(75-88-80(79(84)85)86-73-72-81(3,4)5)89-78(83)71-69-67-65-63-61-59-57-55-53-51-48-29-27-25-23-21-19-17-15-13-11-9-7-2/h8-11,14-17,20-23,26-29,31-32,51,53,57,59,63,65,76,80H,6-7,12-13,18-19,24-25,30,33-50,52,54-56,58,60-62,64,66-75H2,1-5H3/b10-8-,11-9-,16-14-,17-15-,22-20-,23-21-,28-26-,29-27-,32-31-,53-51-,59-57-,65-63-. The fraction of sp³-hybridized carbons (Fsp3) is 0.662. The Hall–Kier alpha value is -4.83. The molecule has 0 saturated heterocycles. The number of carbonyl (C=O) groups excluding carboxylic acids is 3. The second kappa shape index (κ2) is 69.1. The highest BCUT2D eigenvalue weighted by Crippen LogP contribution is 2.17. The first-order valence-corrected chi connectivity index (χ1v) is 36.0. The molecule has 0 aliphatic heterocycles. The number of hydrogen-bond donors (Lipinski definition) is 0. The van der Waals surface area contributed by atoms with Crippen LogP contribution < -0.4 is 5.11 Å². The molecule has 89 heavy (non-hydrogen) atoms. The molecule has 9 heteroatoms. The van der Waals surface area contributed by atoms with Crippen LogP contribution in [-0.2, 0) is 33.3 Å². The summed E-state index contributed by atoms with van der Waals surface area (Å²) in [7, 11) is 5.90. The summed E-state index contributed by atoms with van der Waals surface area (Å²) in [5.41, 5.74) is 0. The molecule has 506 valence electrons. The lowest BCUT2D eigenvalue weighted by atomic mass is 10.0. The molecule has 0 radical (unpaired) electrons. The maximum Gasteiger partial charge on any atom is 0.306 e. The van der Waals surface area contributed by atoms with Gasteiger partial charge in [0.25, 0.3) is 0 Å². The predicted octanol–water partition coefficient (Wildman–Crippen LogP) is 21.4. The van der Waals surface area contributed by atoms with E-state index in [2.05, 4.69) is 160 Å². The van der Waals surface area contributed by atoms with Crippen LogP contribution in [0.4, 0.5) is 0 Å². The molecule has 2 unspecified atom stereocenters. The van der Waals surface area contributed by atoms with Crippen LogP contribution in [0.5, 0.6) is 0 Å². The second-order valence-electron chi connectivity index (χ2n) is 24.8. The van der Waals surface area contributed by atoms with Gasteiger partial charge in [-0.3, -0.25) is 9.59 Å². The minimum Gasteiger partial charge on any atom is -0.545 e. The number of esters is 2. The van der Waals surface area contributed by atoms with Crippen LogP contribution in [0.15, 0.2) is 146 Å². The third-order valence-electron chi connectivity index (χ3n) is 15.1. The molecule has 0 aliphatic carbocycles. The van der Waals surface area contributed by atoms with Crippen molar-refractivity contribution in [2.45, 2.75) is 296 Å². The molecule has 0 rings (SSSR count). The van der Waals surface area contributed by atoms with Crippen molar-refractivity contribution in [3.8, 4) is 0 Å². The van der Waals surface area contributed by atoms with E-state index in [1.165, 1.54) is 148 Å². The maximum absolute atomic E-state index is 12.9. The first-order chi connectivity index (χ1) is 43.6. The van der Waals surface area contributed by atoms with E-state index in [0.29, 0.717) is 23.9 Å². The van der Waals surface area contributed by atoms with Gasteiger partial charge >= 0.3 is 11.9 Å². The Bertz CT molecular complexity index is 1970. The van der Waals surface area contributed by atoms with Gasteiger partial charge in [-0.15, -0.1) is 0 Å². The van der Waals surface area contributed by atoms with E-state index in [9.17, 15) is 19.5 Å².